The van der Waals surface area contributed by atoms with E-state index in [1.54, 1.807) is 13.3 Å². The highest BCUT2D eigenvalue weighted by atomic mass is 16.5. The van der Waals surface area contributed by atoms with Gasteiger partial charge in [0, 0.05) is 26.1 Å². The van der Waals surface area contributed by atoms with E-state index in [9.17, 15) is 4.79 Å². The van der Waals surface area contributed by atoms with Gasteiger partial charge in [-0.1, -0.05) is 6.07 Å². The normalized spacial score (nSPS) is 10.6. The molecule has 19 heavy (non-hydrogen) atoms. The summed E-state index contributed by atoms with van der Waals surface area (Å²) in [4.78, 5) is 15.7. The third-order valence-electron chi connectivity index (χ3n) is 2.21. The number of carbonyl (C=O) groups is 1. The van der Waals surface area contributed by atoms with Crippen molar-refractivity contribution in [1.29, 1.82) is 5.26 Å². The quantitative estimate of drug-likeness (QED) is 0.419. The van der Waals surface area contributed by atoms with E-state index in [-0.39, 0.29) is 5.57 Å². The maximum absolute atomic E-state index is 11.6. The van der Waals surface area contributed by atoms with Gasteiger partial charge in [0.15, 0.2) is 0 Å². The Hall–Kier alpha value is -2.39. The zero-order valence-corrected chi connectivity index (χ0v) is 10.7. The van der Waals surface area contributed by atoms with E-state index in [1.165, 1.54) is 6.20 Å². The van der Waals surface area contributed by atoms with Gasteiger partial charge < -0.3 is 15.4 Å². The van der Waals surface area contributed by atoms with Crippen LogP contribution < -0.4 is 10.6 Å². The number of amides is 1. The Morgan fingerprint density at radius 2 is 2.42 bits per heavy atom. The molecule has 0 fully saturated rings. The maximum Gasteiger partial charge on any atom is 0.263 e. The Morgan fingerprint density at radius 1 is 1.58 bits per heavy atom. The first-order valence-corrected chi connectivity index (χ1v) is 5.78. The van der Waals surface area contributed by atoms with Crippen molar-refractivity contribution in [3.8, 4) is 6.07 Å². The first kappa shape index (κ1) is 14.7. The molecule has 0 atom stereocenters. The van der Waals surface area contributed by atoms with Crippen molar-refractivity contribution in [2.24, 2.45) is 0 Å². The second kappa shape index (κ2) is 8.66. The fourth-order valence-electron chi connectivity index (χ4n) is 1.27. The first-order valence-electron chi connectivity index (χ1n) is 5.78. The number of nitriles is 1. The summed E-state index contributed by atoms with van der Waals surface area (Å²) < 4.78 is 4.80. The summed E-state index contributed by atoms with van der Waals surface area (Å²) in [6.45, 7) is 1.23. The van der Waals surface area contributed by atoms with Gasteiger partial charge in [-0.3, -0.25) is 9.78 Å². The van der Waals surface area contributed by atoms with E-state index in [2.05, 4.69) is 15.6 Å². The molecule has 0 saturated heterocycles. The molecule has 2 N–H and O–H groups in total. The van der Waals surface area contributed by atoms with Gasteiger partial charge >= 0.3 is 0 Å². The standard InChI is InChI=1S/C13H16N4O2/c1-19-7-6-17-13(18)11(8-14)9-15-10-12-4-2-3-5-16-12/h2-5,9,15H,6-7,10H2,1H3,(H,17,18)/b11-9-. The molecular formula is C13H16N4O2. The molecule has 1 rings (SSSR count). The molecule has 6 nitrogen and oxygen atoms in total. The van der Waals surface area contributed by atoms with E-state index in [0.29, 0.717) is 19.7 Å². The highest BCUT2D eigenvalue weighted by Gasteiger charge is 2.07. The van der Waals surface area contributed by atoms with Crippen LogP contribution in [0.2, 0.25) is 0 Å². The number of carbonyl (C=O) groups excluding carboxylic acids is 1. The van der Waals surface area contributed by atoms with Gasteiger partial charge in [-0.2, -0.15) is 5.26 Å². The molecule has 0 unspecified atom stereocenters. The molecule has 6 heteroatoms. The Morgan fingerprint density at radius 3 is 3.05 bits per heavy atom. The molecule has 0 aliphatic carbocycles. The fraction of sp³-hybridized carbons (Fsp3) is 0.308. The van der Waals surface area contributed by atoms with Gasteiger partial charge in [0.05, 0.1) is 18.8 Å². The number of pyridine rings is 1. The highest BCUT2D eigenvalue weighted by molar-refractivity contribution is 5.97. The van der Waals surface area contributed by atoms with Crippen LogP contribution in [0.5, 0.6) is 0 Å². The average Bonchev–Trinajstić information content (AvgIpc) is 2.45. The van der Waals surface area contributed by atoms with E-state index in [4.69, 9.17) is 10.00 Å². The zero-order valence-electron chi connectivity index (χ0n) is 10.7. The highest BCUT2D eigenvalue weighted by Crippen LogP contribution is 1.94. The molecule has 0 aromatic carbocycles. The number of methoxy groups -OCH3 is 1. The van der Waals surface area contributed by atoms with Crippen molar-refractivity contribution in [2.45, 2.75) is 6.54 Å². The summed E-state index contributed by atoms with van der Waals surface area (Å²) in [5.41, 5.74) is 0.850. The van der Waals surface area contributed by atoms with Crippen LogP contribution in [0.3, 0.4) is 0 Å². The van der Waals surface area contributed by atoms with E-state index < -0.39 is 5.91 Å². The summed E-state index contributed by atoms with van der Waals surface area (Å²) in [6.07, 6.45) is 3.07. The Balaban J connectivity index is 2.44. The lowest BCUT2D eigenvalue weighted by molar-refractivity contribution is -0.117. The molecule has 100 valence electrons. The lowest BCUT2D eigenvalue weighted by Crippen LogP contribution is -2.28. The summed E-state index contributed by atoms with van der Waals surface area (Å²) >= 11 is 0. The van der Waals surface area contributed by atoms with Crippen LogP contribution in [0.1, 0.15) is 5.69 Å². The molecule has 1 aromatic rings. The average molecular weight is 260 g/mol. The minimum absolute atomic E-state index is 0.0204. The van der Waals surface area contributed by atoms with Crippen molar-refractivity contribution in [3.63, 3.8) is 0 Å². The summed E-state index contributed by atoms with van der Waals surface area (Å²) in [5.74, 6) is -0.423. The lowest BCUT2D eigenvalue weighted by atomic mass is 10.3. The predicted octanol–water partition coefficient (Wildman–Crippen LogP) is 0.341. The van der Waals surface area contributed by atoms with Crippen molar-refractivity contribution >= 4 is 5.91 Å². The van der Waals surface area contributed by atoms with Crippen LogP contribution in [0.4, 0.5) is 0 Å². The van der Waals surface area contributed by atoms with Crippen LogP contribution >= 0.6 is 0 Å². The topological polar surface area (TPSA) is 87.0 Å². The van der Waals surface area contributed by atoms with Gasteiger partial charge in [0.2, 0.25) is 0 Å². The van der Waals surface area contributed by atoms with E-state index in [0.717, 1.165) is 5.69 Å². The first-order chi connectivity index (χ1) is 9.27. The molecule has 0 spiro atoms. The van der Waals surface area contributed by atoms with E-state index >= 15 is 0 Å². The minimum Gasteiger partial charge on any atom is -0.384 e. The fourth-order valence-corrected chi connectivity index (χ4v) is 1.27. The molecular weight excluding hydrogens is 244 g/mol. The van der Waals surface area contributed by atoms with Crippen molar-refractivity contribution in [1.82, 2.24) is 15.6 Å². The summed E-state index contributed by atoms with van der Waals surface area (Å²) in [5, 5.41) is 14.3. The number of nitrogens with zero attached hydrogens (tertiary/aromatic N) is 2. The second-order valence-electron chi connectivity index (χ2n) is 3.62. The largest absolute Gasteiger partial charge is 0.384 e. The second-order valence-corrected chi connectivity index (χ2v) is 3.62. The number of hydrogen-bond acceptors (Lipinski definition) is 5. The van der Waals surface area contributed by atoms with Crippen LogP contribution in [0.15, 0.2) is 36.2 Å². The molecule has 1 heterocycles. The summed E-state index contributed by atoms with van der Waals surface area (Å²) in [6, 6.07) is 7.39. The Labute approximate surface area is 112 Å². The van der Waals surface area contributed by atoms with Gasteiger partial charge in [-0.05, 0) is 12.1 Å². The lowest BCUT2D eigenvalue weighted by Gasteiger charge is -2.04. The Bertz CT molecular complexity index is 465. The van der Waals surface area contributed by atoms with Crippen molar-refractivity contribution < 1.29 is 9.53 Å². The van der Waals surface area contributed by atoms with Crippen LogP contribution in [-0.2, 0) is 16.1 Å². The number of aromatic nitrogens is 1. The predicted molar refractivity (Wildman–Crippen MR) is 69.7 cm³/mol. The minimum atomic E-state index is -0.423. The Kier molecular flexibility index (Phi) is 6.69. The van der Waals surface area contributed by atoms with Gasteiger partial charge in [0.25, 0.3) is 5.91 Å². The van der Waals surface area contributed by atoms with Crippen LogP contribution in [0, 0.1) is 11.3 Å². The molecule has 0 aliphatic heterocycles. The number of ether oxygens (including phenoxy) is 1. The maximum atomic E-state index is 11.6. The van der Waals surface area contributed by atoms with Gasteiger partial charge in [-0.15, -0.1) is 0 Å². The SMILES string of the molecule is COCCNC(=O)/C(C#N)=C\NCc1ccccn1. The van der Waals surface area contributed by atoms with E-state index in [1.807, 2.05) is 24.3 Å². The molecule has 1 amide bonds. The monoisotopic (exact) mass is 260 g/mol. The van der Waals surface area contributed by atoms with Crippen LogP contribution in [0.25, 0.3) is 0 Å². The third kappa shape index (κ3) is 5.66. The van der Waals surface area contributed by atoms with Crippen LogP contribution in [-0.4, -0.2) is 31.2 Å². The molecule has 1 aromatic heterocycles. The number of nitrogens with one attached hydrogen (secondary N) is 2. The summed E-state index contributed by atoms with van der Waals surface area (Å²) in [7, 11) is 1.54. The third-order valence-corrected chi connectivity index (χ3v) is 2.21. The molecule has 0 bridgehead atoms. The number of hydrogen-bond donors (Lipinski definition) is 2. The number of rotatable bonds is 7. The van der Waals surface area contributed by atoms with Crippen molar-refractivity contribution in [3.05, 3.63) is 41.9 Å². The van der Waals surface area contributed by atoms with Gasteiger partial charge in [0.1, 0.15) is 11.6 Å². The molecule has 0 saturated carbocycles. The smallest absolute Gasteiger partial charge is 0.263 e. The van der Waals surface area contributed by atoms with Gasteiger partial charge in [-0.25, -0.2) is 0 Å². The zero-order chi connectivity index (χ0) is 13.9. The molecule has 0 radical (unpaired) electrons. The molecule has 0 aliphatic rings. The van der Waals surface area contributed by atoms with Crippen molar-refractivity contribution in [2.75, 3.05) is 20.3 Å².